The summed E-state index contributed by atoms with van der Waals surface area (Å²) < 4.78 is 1.93. The van der Waals surface area contributed by atoms with Crippen molar-refractivity contribution in [2.24, 2.45) is 5.41 Å². The first-order chi connectivity index (χ1) is 12.6. The fourth-order valence-corrected chi connectivity index (χ4v) is 3.52. The van der Waals surface area contributed by atoms with Gasteiger partial charge >= 0.3 is 0 Å². The minimum absolute atomic E-state index is 0.0650. The molecule has 0 spiro atoms. The molecule has 1 saturated carbocycles. The van der Waals surface area contributed by atoms with Crippen molar-refractivity contribution in [3.63, 3.8) is 0 Å². The maximum absolute atomic E-state index is 12.4. The smallest absolute Gasteiger partial charge is 0.229 e. The van der Waals surface area contributed by atoms with E-state index in [-0.39, 0.29) is 18.6 Å². The van der Waals surface area contributed by atoms with E-state index in [1.54, 1.807) is 0 Å². The number of aliphatic hydroxyl groups is 1. The molecule has 1 aliphatic rings. The number of carbonyl (C=O) groups excluding carboxylic acids is 1. The first-order valence-corrected chi connectivity index (χ1v) is 9.00. The normalized spacial score (nSPS) is 16.4. The van der Waals surface area contributed by atoms with E-state index in [0.29, 0.717) is 0 Å². The number of hydrogen-bond acceptors (Lipinski definition) is 3. The number of benzene rings is 2. The molecule has 0 unspecified atom stereocenters. The molecule has 1 heterocycles. The van der Waals surface area contributed by atoms with Crippen LogP contribution < -0.4 is 5.32 Å². The van der Waals surface area contributed by atoms with Gasteiger partial charge in [0.05, 0.1) is 29.9 Å². The van der Waals surface area contributed by atoms with E-state index in [9.17, 15) is 9.90 Å². The molecule has 1 fully saturated rings. The van der Waals surface area contributed by atoms with E-state index in [1.807, 2.05) is 42.9 Å². The molecule has 0 radical (unpaired) electrons. The Morgan fingerprint density at radius 2 is 2.00 bits per heavy atom. The van der Waals surface area contributed by atoms with Crippen molar-refractivity contribution in [1.82, 2.24) is 15.1 Å². The van der Waals surface area contributed by atoms with Gasteiger partial charge in [-0.2, -0.15) is 5.10 Å². The summed E-state index contributed by atoms with van der Waals surface area (Å²) in [7, 11) is 0. The SMILES string of the molecule is Cc1c([C@H](C)NC(=O)C2(CO)CC2)cnn1-c1cccc2ccccc12. The van der Waals surface area contributed by atoms with E-state index in [2.05, 4.69) is 34.7 Å². The summed E-state index contributed by atoms with van der Waals surface area (Å²) in [6, 6.07) is 14.3. The number of aliphatic hydroxyl groups excluding tert-OH is 1. The highest BCUT2D eigenvalue weighted by Crippen LogP contribution is 2.45. The Labute approximate surface area is 152 Å². The predicted octanol–water partition coefficient (Wildman–Crippen LogP) is 3.28. The number of nitrogens with zero attached hydrogens (tertiary/aromatic N) is 2. The van der Waals surface area contributed by atoms with Crippen LogP contribution in [0.5, 0.6) is 0 Å². The molecule has 4 rings (SSSR count). The molecule has 1 aliphatic carbocycles. The van der Waals surface area contributed by atoms with Crippen molar-refractivity contribution in [2.75, 3.05) is 6.61 Å². The van der Waals surface area contributed by atoms with E-state index in [1.165, 1.54) is 5.39 Å². The lowest BCUT2D eigenvalue weighted by Gasteiger charge is -2.18. The van der Waals surface area contributed by atoms with Gasteiger partial charge in [0, 0.05) is 16.6 Å². The van der Waals surface area contributed by atoms with Gasteiger partial charge in [-0.15, -0.1) is 0 Å². The minimum atomic E-state index is -0.562. The summed E-state index contributed by atoms with van der Waals surface area (Å²) in [6.45, 7) is 3.90. The molecule has 134 valence electrons. The van der Waals surface area contributed by atoms with E-state index in [0.717, 1.165) is 35.2 Å². The summed E-state index contributed by atoms with van der Waals surface area (Å²) >= 11 is 0. The second-order valence-electron chi connectivity index (χ2n) is 7.23. The molecule has 0 aliphatic heterocycles. The lowest BCUT2D eigenvalue weighted by Crippen LogP contribution is -2.36. The van der Waals surface area contributed by atoms with E-state index < -0.39 is 5.41 Å². The zero-order valence-electron chi connectivity index (χ0n) is 15.1. The Hall–Kier alpha value is -2.66. The van der Waals surface area contributed by atoms with Crippen LogP contribution in [0.3, 0.4) is 0 Å². The summed E-state index contributed by atoms with van der Waals surface area (Å²) in [5.41, 5.74) is 2.45. The molecule has 26 heavy (non-hydrogen) atoms. The lowest BCUT2D eigenvalue weighted by atomic mass is 10.0. The number of nitrogens with one attached hydrogen (secondary N) is 1. The monoisotopic (exact) mass is 349 g/mol. The lowest BCUT2D eigenvalue weighted by molar-refractivity contribution is -0.128. The van der Waals surface area contributed by atoms with Crippen molar-refractivity contribution >= 4 is 16.7 Å². The number of carbonyl (C=O) groups is 1. The molecule has 3 aromatic rings. The molecular weight excluding hydrogens is 326 g/mol. The highest BCUT2D eigenvalue weighted by Gasteiger charge is 2.49. The predicted molar refractivity (Wildman–Crippen MR) is 101 cm³/mol. The molecule has 0 saturated heterocycles. The summed E-state index contributed by atoms with van der Waals surface area (Å²) in [6.07, 6.45) is 3.34. The average Bonchev–Trinajstić information content (AvgIpc) is 3.37. The number of amides is 1. The van der Waals surface area contributed by atoms with Gasteiger partial charge in [-0.25, -0.2) is 4.68 Å². The second kappa shape index (κ2) is 6.25. The Morgan fingerprint density at radius 3 is 2.73 bits per heavy atom. The topological polar surface area (TPSA) is 67.2 Å². The van der Waals surface area contributed by atoms with Crippen molar-refractivity contribution in [1.29, 1.82) is 0 Å². The van der Waals surface area contributed by atoms with Crippen LogP contribution in [-0.4, -0.2) is 27.4 Å². The molecule has 1 atom stereocenters. The highest BCUT2D eigenvalue weighted by atomic mass is 16.3. The standard InChI is InChI=1S/C21H23N3O2/c1-14(23-20(26)21(13-25)10-11-21)18-12-22-24(15(18)2)19-9-5-7-16-6-3-4-8-17(16)19/h3-9,12,14,25H,10-11,13H2,1-2H3,(H,23,26)/t14-/m0/s1. The third kappa shape index (κ3) is 2.69. The van der Waals surface area contributed by atoms with Crippen LogP contribution in [0, 0.1) is 12.3 Å². The number of fused-ring (bicyclic) bond motifs is 1. The van der Waals surface area contributed by atoms with Gasteiger partial charge in [0.15, 0.2) is 0 Å². The summed E-state index contributed by atoms with van der Waals surface area (Å²) in [5.74, 6) is -0.0650. The van der Waals surface area contributed by atoms with Crippen molar-refractivity contribution in [2.45, 2.75) is 32.7 Å². The Kier molecular flexibility index (Phi) is 4.04. The van der Waals surface area contributed by atoms with Gasteiger partial charge in [-0.3, -0.25) is 4.79 Å². The van der Waals surface area contributed by atoms with Crippen molar-refractivity contribution in [3.05, 3.63) is 59.9 Å². The zero-order valence-corrected chi connectivity index (χ0v) is 15.1. The fraction of sp³-hybridized carbons (Fsp3) is 0.333. The Bertz CT molecular complexity index is 967. The van der Waals surface area contributed by atoms with E-state index in [4.69, 9.17) is 0 Å². The molecule has 2 aromatic carbocycles. The number of hydrogen-bond donors (Lipinski definition) is 2. The molecule has 5 heteroatoms. The Balaban J connectivity index is 1.65. The molecule has 1 aromatic heterocycles. The van der Waals surface area contributed by atoms with Crippen molar-refractivity contribution in [3.8, 4) is 5.69 Å². The Morgan fingerprint density at radius 1 is 1.27 bits per heavy atom. The fourth-order valence-electron chi connectivity index (χ4n) is 3.52. The van der Waals surface area contributed by atoms with Crippen LogP contribution in [0.2, 0.25) is 0 Å². The largest absolute Gasteiger partial charge is 0.395 e. The molecule has 5 nitrogen and oxygen atoms in total. The first kappa shape index (κ1) is 16.8. The van der Waals surface area contributed by atoms with Crippen LogP contribution in [0.15, 0.2) is 48.7 Å². The quantitative estimate of drug-likeness (QED) is 0.743. The van der Waals surface area contributed by atoms with Crippen LogP contribution in [0.25, 0.3) is 16.5 Å². The third-order valence-electron chi connectivity index (χ3n) is 5.49. The third-order valence-corrected chi connectivity index (χ3v) is 5.49. The van der Waals surface area contributed by atoms with Gasteiger partial charge in [-0.1, -0.05) is 36.4 Å². The van der Waals surface area contributed by atoms with Gasteiger partial charge in [-0.05, 0) is 38.1 Å². The van der Waals surface area contributed by atoms with Crippen LogP contribution in [0.1, 0.15) is 37.1 Å². The molecule has 1 amide bonds. The number of aromatic nitrogens is 2. The minimum Gasteiger partial charge on any atom is -0.395 e. The van der Waals surface area contributed by atoms with Crippen LogP contribution in [0.4, 0.5) is 0 Å². The summed E-state index contributed by atoms with van der Waals surface area (Å²) in [4.78, 5) is 12.4. The molecule has 2 N–H and O–H groups in total. The van der Waals surface area contributed by atoms with Gasteiger partial charge in [0.2, 0.25) is 5.91 Å². The molecule has 0 bridgehead atoms. The first-order valence-electron chi connectivity index (χ1n) is 9.00. The maximum atomic E-state index is 12.4. The van der Waals surface area contributed by atoms with Gasteiger partial charge < -0.3 is 10.4 Å². The summed E-state index contributed by atoms with van der Waals surface area (Å²) in [5, 5.41) is 19.4. The zero-order chi connectivity index (χ0) is 18.3. The number of rotatable bonds is 5. The molecular formula is C21H23N3O2. The van der Waals surface area contributed by atoms with Gasteiger partial charge in [0.1, 0.15) is 0 Å². The van der Waals surface area contributed by atoms with E-state index >= 15 is 0 Å². The highest BCUT2D eigenvalue weighted by molar-refractivity contribution is 5.90. The van der Waals surface area contributed by atoms with Crippen LogP contribution in [-0.2, 0) is 4.79 Å². The second-order valence-corrected chi connectivity index (χ2v) is 7.23. The maximum Gasteiger partial charge on any atom is 0.229 e. The van der Waals surface area contributed by atoms with Crippen molar-refractivity contribution < 1.29 is 9.90 Å². The average molecular weight is 349 g/mol. The van der Waals surface area contributed by atoms with Crippen LogP contribution >= 0.6 is 0 Å². The van der Waals surface area contributed by atoms with Gasteiger partial charge in [0.25, 0.3) is 0 Å².